The van der Waals surface area contributed by atoms with E-state index in [1.165, 1.54) is 80.0 Å². The van der Waals surface area contributed by atoms with E-state index in [9.17, 15) is 0 Å². The Hall–Kier alpha value is -1.81. The fourth-order valence-corrected chi connectivity index (χ4v) is 5.15. The van der Waals surface area contributed by atoms with E-state index in [1.807, 2.05) is 30.3 Å². The van der Waals surface area contributed by atoms with Crippen LogP contribution in [0.25, 0.3) is 16.0 Å². The SMILES string of the molecule is Cc1cc[c-]c(C2CCCC[N-]2)c1.[Ir].[c-]1ccccc1C1CCCC[N-]1.[c-]1ccccc1C1CCCC[N-]1. The van der Waals surface area contributed by atoms with Gasteiger partial charge in [-0.3, -0.25) is 0 Å². The van der Waals surface area contributed by atoms with Crippen molar-refractivity contribution in [2.75, 3.05) is 19.6 Å². The molecule has 0 N–H and O–H groups in total. The Balaban J connectivity index is 0.000000156. The van der Waals surface area contributed by atoms with Crippen LogP contribution in [0, 0.1) is 25.1 Å². The van der Waals surface area contributed by atoms with E-state index >= 15 is 0 Å². The summed E-state index contributed by atoms with van der Waals surface area (Å²) < 4.78 is 0. The summed E-state index contributed by atoms with van der Waals surface area (Å²) in [6.07, 6.45) is 11.4. The summed E-state index contributed by atoms with van der Waals surface area (Å²) in [6.45, 7) is 5.23. The van der Waals surface area contributed by atoms with Gasteiger partial charge in [0.05, 0.1) is 0 Å². The molecule has 3 aliphatic heterocycles. The zero-order valence-corrected chi connectivity index (χ0v) is 25.1. The van der Waals surface area contributed by atoms with E-state index in [-0.39, 0.29) is 20.1 Å². The van der Waals surface area contributed by atoms with Gasteiger partial charge < -0.3 is 16.0 Å². The van der Waals surface area contributed by atoms with Crippen molar-refractivity contribution in [1.29, 1.82) is 0 Å². The third kappa shape index (κ3) is 10.4. The van der Waals surface area contributed by atoms with Crippen molar-refractivity contribution in [3.63, 3.8) is 0 Å². The maximum Gasteiger partial charge on any atom is 0 e. The molecule has 3 heterocycles. The molecule has 3 saturated heterocycles. The molecule has 207 valence electrons. The molecule has 3 aromatic rings. The van der Waals surface area contributed by atoms with Gasteiger partial charge in [0.15, 0.2) is 0 Å². The maximum atomic E-state index is 4.61. The van der Waals surface area contributed by atoms with Crippen LogP contribution < -0.4 is 0 Å². The van der Waals surface area contributed by atoms with Crippen LogP contribution in [0.2, 0.25) is 0 Å². The van der Waals surface area contributed by atoms with Crippen LogP contribution in [0.3, 0.4) is 0 Å². The minimum Gasteiger partial charge on any atom is -0.657 e. The smallest absolute Gasteiger partial charge is 0 e. The Morgan fingerprint density at radius 1 is 0.553 bits per heavy atom. The van der Waals surface area contributed by atoms with Crippen molar-refractivity contribution in [3.05, 3.63) is 123 Å². The van der Waals surface area contributed by atoms with Crippen molar-refractivity contribution >= 4 is 0 Å². The molecule has 38 heavy (non-hydrogen) atoms. The Kier molecular flexibility index (Phi) is 14.3. The Morgan fingerprint density at radius 3 is 1.37 bits per heavy atom. The first-order chi connectivity index (χ1) is 18.3. The quantitative estimate of drug-likeness (QED) is 0.247. The van der Waals surface area contributed by atoms with Gasteiger partial charge in [0.25, 0.3) is 0 Å². The predicted octanol–water partition coefficient (Wildman–Crippen LogP) is 9.56. The van der Waals surface area contributed by atoms with E-state index in [0.717, 1.165) is 19.6 Å². The molecular formula is C34H41IrN3-6. The molecule has 0 bridgehead atoms. The van der Waals surface area contributed by atoms with Crippen LogP contribution in [0.1, 0.15) is 98.2 Å². The molecule has 0 saturated carbocycles. The number of rotatable bonds is 3. The van der Waals surface area contributed by atoms with Crippen LogP contribution in [-0.4, -0.2) is 19.6 Å². The van der Waals surface area contributed by atoms with Gasteiger partial charge in [-0.15, -0.1) is 37.8 Å². The first-order valence-electron chi connectivity index (χ1n) is 14.2. The molecule has 1 radical (unpaired) electrons. The van der Waals surface area contributed by atoms with E-state index in [1.54, 1.807) is 0 Å². The Morgan fingerprint density at radius 2 is 1.00 bits per heavy atom. The number of benzene rings is 3. The van der Waals surface area contributed by atoms with Gasteiger partial charge in [-0.2, -0.15) is 107 Å². The van der Waals surface area contributed by atoms with Gasteiger partial charge >= 0.3 is 0 Å². The number of hydrogen-bond donors (Lipinski definition) is 0. The molecule has 6 rings (SSSR count). The van der Waals surface area contributed by atoms with Gasteiger partial charge in [0.2, 0.25) is 0 Å². The normalized spacial score (nSPS) is 22.9. The molecule has 4 heteroatoms. The van der Waals surface area contributed by atoms with Crippen molar-refractivity contribution in [3.8, 4) is 0 Å². The Bertz CT molecular complexity index is 939. The number of aryl methyl sites for hydroxylation is 1. The van der Waals surface area contributed by atoms with Crippen molar-refractivity contribution in [2.24, 2.45) is 0 Å². The van der Waals surface area contributed by atoms with E-state index in [4.69, 9.17) is 0 Å². The average molecular weight is 684 g/mol. The second-order valence-electron chi connectivity index (χ2n) is 10.2. The van der Waals surface area contributed by atoms with Crippen molar-refractivity contribution in [2.45, 2.75) is 82.8 Å². The average Bonchev–Trinajstić information content (AvgIpc) is 3.00. The Labute approximate surface area is 245 Å². The summed E-state index contributed by atoms with van der Waals surface area (Å²) in [6, 6.07) is 33.7. The maximum absolute atomic E-state index is 4.61. The van der Waals surface area contributed by atoms with E-state index in [2.05, 4.69) is 77.5 Å². The van der Waals surface area contributed by atoms with Crippen molar-refractivity contribution < 1.29 is 20.1 Å². The summed E-state index contributed by atoms with van der Waals surface area (Å²) in [5.74, 6) is 0. The first-order valence-corrected chi connectivity index (χ1v) is 14.2. The third-order valence-corrected chi connectivity index (χ3v) is 7.23. The van der Waals surface area contributed by atoms with E-state index < -0.39 is 0 Å². The summed E-state index contributed by atoms with van der Waals surface area (Å²) in [7, 11) is 0. The molecular weight excluding hydrogens is 643 g/mol. The summed E-state index contributed by atoms with van der Waals surface area (Å²) in [5, 5.41) is 13.7. The molecule has 0 spiro atoms. The van der Waals surface area contributed by atoms with Gasteiger partial charge in [0, 0.05) is 20.1 Å². The summed E-state index contributed by atoms with van der Waals surface area (Å²) in [5.41, 5.74) is 5.11. The summed E-state index contributed by atoms with van der Waals surface area (Å²) in [4.78, 5) is 0. The van der Waals surface area contributed by atoms with Crippen LogP contribution in [0.15, 0.2) is 66.7 Å². The van der Waals surface area contributed by atoms with E-state index in [0.29, 0.717) is 18.1 Å². The second-order valence-corrected chi connectivity index (χ2v) is 10.2. The van der Waals surface area contributed by atoms with Gasteiger partial charge in [0.1, 0.15) is 0 Å². The van der Waals surface area contributed by atoms with Crippen LogP contribution >= 0.6 is 0 Å². The number of hydrogen-bond acceptors (Lipinski definition) is 0. The molecule has 0 aliphatic carbocycles. The zero-order valence-electron chi connectivity index (χ0n) is 22.7. The minimum atomic E-state index is 0. The van der Waals surface area contributed by atoms with Crippen LogP contribution in [0.5, 0.6) is 0 Å². The summed E-state index contributed by atoms with van der Waals surface area (Å²) >= 11 is 0. The zero-order chi connectivity index (χ0) is 25.5. The van der Waals surface area contributed by atoms with Gasteiger partial charge in [-0.05, 0) is 0 Å². The molecule has 3 aromatic carbocycles. The van der Waals surface area contributed by atoms with Gasteiger partial charge in [-0.1, -0.05) is 64.7 Å². The molecule has 3 fully saturated rings. The second kappa shape index (κ2) is 17.7. The molecule has 3 aliphatic rings. The largest absolute Gasteiger partial charge is 0.657 e. The fourth-order valence-electron chi connectivity index (χ4n) is 5.15. The van der Waals surface area contributed by atoms with Crippen molar-refractivity contribution in [1.82, 2.24) is 0 Å². The molecule has 3 atom stereocenters. The fraction of sp³-hybridized carbons (Fsp3) is 0.471. The minimum absolute atomic E-state index is 0. The van der Waals surface area contributed by atoms with Crippen LogP contribution in [0.4, 0.5) is 0 Å². The molecule has 3 unspecified atom stereocenters. The van der Waals surface area contributed by atoms with Gasteiger partial charge in [-0.25, -0.2) is 0 Å². The standard InChI is InChI=1S/C12H15N.2C11H13N.Ir/c1-10-5-4-6-11(9-10)12-7-2-3-8-13-12;2*1-2-6-10(7-3-1)11-8-4-5-9-12-11;/h4-5,9,12H,2-3,7-8H2,1H3;2*1-3,6,11H,4-5,8-9H2;/q3*-2;. The number of nitrogens with zero attached hydrogens (tertiary/aromatic N) is 3. The predicted molar refractivity (Wildman–Crippen MR) is 155 cm³/mol. The topological polar surface area (TPSA) is 42.3 Å². The molecule has 0 amide bonds. The third-order valence-electron chi connectivity index (χ3n) is 7.23. The molecule has 3 nitrogen and oxygen atoms in total. The van der Waals surface area contributed by atoms with Crippen LogP contribution in [-0.2, 0) is 20.1 Å². The first kappa shape index (κ1) is 30.7. The monoisotopic (exact) mass is 684 g/mol. The number of piperidine rings is 3. The molecule has 0 aromatic heterocycles.